The minimum atomic E-state index is -1.25. The predicted molar refractivity (Wildman–Crippen MR) is 57.8 cm³/mol. The van der Waals surface area contributed by atoms with Crippen molar-refractivity contribution in [1.82, 2.24) is 0 Å². The van der Waals surface area contributed by atoms with Crippen LogP contribution < -0.4 is 4.42 Å². The normalized spacial score (nSPS) is 9.80. The highest BCUT2D eigenvalue weighted by Crippen LogP contribution is 2.33. The van der Waals surface area contributed by atoms with Crippen LogP contribution in [0, 0.1) is 0 Å². The Hall–Kier alpha value is -0.970. The zero-order chi connectivity index (χ0) is 11.6. The molecule has 1 aromatic rings. The average molecular weight is 268 g/mol. The highest BCUT2D eigenvalue weighted by molar-refractivity contribution is 6.42. The van der Waals surface area contributed by atoms with E-state index in [4.69, 9.17) is 40.1 Å². The second kappa shape index (κ2) is 4.70. The van der Waals surface area contributed by atoms with Gasteiger partial charge in [0.05, 0.1) is 16.3 Å². The number of carboxylic acids is 1. The van der Waals surface area contributed by atoms with Crippen LogP contribution in [0.2, 0.25) is 10.0 Å². The molecule has 0 spiro atoms. The summed E-state index contributed by atoms with van der Waals surface area (Å²) < 4.78 is 0.626. The Bertz CT molecular complexity index is 422. The lowest BCUT2D eigenvalue weighted by molar-refractivity contribution is -0.106. The molecule has 0 atom stereocenters. The SMILES string of the molecule is O=CN(Cl)c1cc(Cl)cc(C(=O)O)c1Cl. The highest BCUT2D eigenvalue weighted by Gasteiger charge is 2.17. The van der Waals surface area contributed by atoms with E-state index in [1.807, 2.05) is 0 Å². The smallest absolute Gasteiger partial charge is 0.337 e. The lowest BCUT2D eigenvalue weighted by Crippen LogP contribution is -2.09. The topological polar surface area (TPSA) is 57.6 Å². The van der Waals surface area contributed by atoms with Crippen molar-refractivity contribution in [3.05, 3.63) is 27.7 Å². The van der Waals surface area contributed by atoms with E-state index in [2.05, 4.69) is 0 Å². The monoisotopic (exact) mass is 267 g/mol. The van der Waals surface area contributed by atoms with Gasteiger partial charge in [-0.25, -0.2) is 9.21 Å². The number of hydrogen-bond acceptors (Lipinski definition) is 2. The van der Waals surface area contributed by atoms with Gasteiger partial charge in [0, 0.05) is 16.8 Å². The summed E-state index contributed by atoms with van der Waals surface area (Å²) in [5.74, 6) is -1.25. The van der Waals surface area contributed by atoms with E-state index in [0.29, 0.717) is 4.42 Å². The van der Waals surface area contributed by atoms with Crippen LogP contribution >= 0.6 is 35.0 Å². The maximum atomic E-state index is 10.7. The van der Waals surface area contributed by atoms with Gasteiger partial charge in [0.25, 0.3) is 0 Å². The maximum absolute atomic E-state index is 10.7. The zero-order valence-corrected chi connectivity index (χ0v) is 9.34. The standard InChI is InChI=1S/C8H4Cl3NO3/c9-4-1-5(8(14)15)7(10)6(2-4)12(11)3-13/h1-3H,(H,14,15). The van der Waals surface area contributed by atoms with Gasteiger partial charge in [-0.15, -0.1) is 0 Å². The third-order valence-corrected chi connectivity index (χ3v) is 2.45. The molecule has 0 heterocycles. The van der Waals surface area contributed by atoms with E-state index >= 15 is 0 Å². The van der Waals surface area contributed by atoms with Gasteiger partial charge in [0.15, 0.2) is 0 Å². The fourth-order valence-corrected chi connectivity index (χ4v) is 1.61. The van der Waals surface area contributed by atoms with Crippen molar-refractivity contribution in [3.63, 3.8) is 0 Å². The van der Waals surface area contributed by atoms with Gasteiger partial charge in [-0.3, -0.25) is 4.79 Å². The van der Waals surface area contributed by atoms with Gasteiger partial charge in [-0.2, -0.15) is 0 Å². The Labute approximate surface area is 100 Å². The number of benzene rings is 1. The third kappa shape index (κ3) is 2.53. The van der Waals surface area contributed by atoms with Gasteiger partial charge in [-0.1, -0.05) is 23.2 Å². The summed E-state index contributed by atoms with van der Waals surface area (Å²) in [6.45, 7) is 0. The first-order valence-electron chi connectivity index (χ1n) is 3.60. The van der Waals surface area contributed by atoms with Gasteiger partial charge in [0.1, 0.15) is 0 Å². The molecule has 0 unspecified atom stereocenters. The van der Waals surface area contributed by atoms with Crippen LogP contribution in [0.1, 0.15) is 10.4 Å². The zero-order valence-electron chi connectivity index (χ0n) is 7.08. The molecule has 0 aliphatic rings. The van der Waals surface area contributed by atoms with E-state index in [1.165, 1.54) is 12.1 Å². The van der Waals surface area contributed by atoms with Gasteiger partial charge >= 0.3 is 5.97 Å². The maximum Gasteiger partial charge on any atom is 0.337 e. The van der Waals surface area contributed by atoms with Gasteiger partial charge in [0.2, 0.25) is 6.41 Å². The molecule has 0 bridgehead atoms. The molecule has 1 N–H and O–H groups in total. The summed E-state index contributed by atoms with van der Waals surface area (Å²) in [5.41, 5.74) is -0.190. The summed E-state index contributed by atoms with van der Waals surface area (Å²) in [6, 6.07) is 2.46. The van der Waals surface area contributed by atoms with Crippen LogP contribution in [0.4, 0.5) is 5.69 Å². The lowest BCUT2D eigenvalue weighted by Gasteiger charge is -2.11. The molecule has 4 nitrogen and oxygen atoms in total. The molecule has 0 aliphatic carbocycles. The number of halogens is 3. The molecule has 15 heavy (non-hydrogen) atoms. The lowest BCUT2D eigenvalue weighted by atomic mass is 10.2. The molecule has 0 aliphatic heterocycles. The molecule has 1 amide bonds. The molecular weight excluding hydrogens is 264 g/mol. The third-order valence-electron chi connectivity index (χ3n) is 1.57. The van der Waals surface area contributed by atoms with Crippen molar-refractivity contribution in [1.29, 1.82) is 0 Å². The fraction of sp³-hybridized carbons (Fsp3) is 0. The minimum Gasteiger partial charge on any atom is -0.478 e. The summed E-state index contributed by atoms with van der Waals surface area (Å²) >= 11 is 16.8. The van der Waals surface area contributed by atoms with E-state index in [1.54, 1.807) is 0 Å². The Morgan fingerprint density at radius 3 is 2.47 bits per heavy atom. The average Bonchev–Trinajstić information content (AvgIpc) is 2.19. The number of carbonyl (C=O) groups excluding carboxylic acids is 1. The van der Waals surface area contributed by atoms with Crippen LogP contribution in [0.25, 0.3) is 0 Å². The number of aromatic carboxylic acids is 1. The Morgan fingerprint density at radius 1 is 1.40 bits per heavy atom. The molecule has 7 heteroatoms. The van der Waals surface area contributed by atoms with Gasteiger partial charge in [-0.05, 0) is 12.1 Å². The summed E-state index contributed by atoms with van der Waals surface area (Å²) in [5, 5.41) is 8.76. The molecule has 1 rings (SSSR count). The van der Waals surface area contributed by atoms with Crippen LogP contribution in [0.15, 0.2) is 12.1 Å². The number of rotatable bonds is 3. The minimum absolute atomic E-state index is 0.0261. The fourth-order valence-electron chi connectivity index (χ4n) is 0.943. The van der Waals surface area contributed by atoms with Gasteiger partial charge < -0.3 is 5.11 Å². The second-order valence-corrected chi connectivity index (χ2v) is 3.69. The molecule has 1 aromatic carbocycles. The van der Waals surface area contributed by atoms with Crippen LogP contribution in [-0.4, -0.2) is 17.5 Å². The quantitative estimate of drug-likeness (QED) is 0.677. The first-order valence-corrected chi connectivity index (χ1v) is 4.69. The Balaban J connectivity index is 3.40. The van der Waals surface area contributed by atoms with Crippen molar-refractivity contribution < 1.29 is 14.7 Å². The van der Waals surface area contributed by atoms with Crippen molar-refractivity contribution in [2.45, 2.75) is 0 Å². The van der Waals surface area contributed by atoms with E-state index in [9.17, 15) is 9.59 Å². The highest BCUT2D eigenvalue weighted by atomic mass is 35.5. The number of nitrogens with zero attached hydrogens (tertiary/aromatic N) is 1. The largest absolute Gasteiger partial charge is 0.478 e. The number of carbonyl (C=O) groups is 2. The van der Waals surface area contributed by atoms with E-state index in [0.717, 1.165) is 0 Å². The molecule has 80 valence electrons. The van der Waals surface area contributed by atoms with E-state index in [-0.39, 0.29) is 27.7 Å². The first kappa shape index (κ1) is 12.1. The first-order chi connectivity index (χ1) is 6.97. The van der Waals surface area contributed by atoms with E-state index < -0.39 is 5.97 Å². The van der Waals surface area contributed by atoms with Crippen LogP contribution in [-0.2, 0) is 4.79 Å². The van der Waals surface area contributed by atoms with Crippen molar-refractivity contribution in [2.24, 2.45) is 0 Å². The van der Waals surface area contributed by atoms with Crippen molar-refractivity contribution >= 4 is 53.0 Å². The number of anilines is 1. The molecule has 0 fully saturated rings. The summed E-state index contributed by atoms with van der Waals surface area (Å²) in [7, 11) is 0. The molecule has 0 saturated heterocycles. The predicted octanol–water partition coefficient (Wildman–Crippen LogP) is 2.81. The number of carboxylic acid groups (broad SMARTS) is 1. The number of hydrogen-bond donors (Lipinski definition) is 1. The number of amides is 1. The molecule has 0 aromatic heterocycles. The Morgan fingerprint density at radius 2 is 2.00 bits per heavy atom. The summed E-state index contributed by atoms with van der Waals surface area (Å²) in [6.07, 6.45) is 0.282. The second-order valence-electron chi connectivity index (χ2n) is 2.51. The Kier molecular flexibility index (Phi) is 3.79. The van der Waals surface area contributed by atoms with Crippen molar-refractivity contribution in [2.75, 3.05) is 4.42 Å². The van der Waals surface area contributed by atoms with Crippen LogP contribution in [0.3, 0.4) is 0 Å². The van der Waals surface area contributed by atoms with Crippen LogP contribution in [0.5, 0.6) is 0 Å². The molecular formula is C8H4Cl3NO3. The molecule has 0 radical (unpaired) electrons. The van der Waals surface area contributed by atoms with Crippen molar-refractivity contribution in [3.8, 4) is 0 Å². The molecule has 0 saturated carbocycles. The summed E-state index contributed by atoms with van der Waals surface area (Å²) in [4.78, 5) is 21.1.